The van der Waals surface area contributed by atoms with Gasteiger partial charge in [0, 0.05) is 25.2 Å². The van der Waals surface area contributed by atoms with Gasteiger partial charge in [-0.25, -0.2) is 17.2 Å². The summed E-state index contributed by atoms with van der Waals surface area (Å²) >= 11 is 0. The third-order valence-corrected chi connectivity index (χ3v) is 9.66. The van der Waals surface area contributed by atoms with E-state index in [9.17, 15) is 26.8 Å². The van der Waals surface area contributed by atoms with Crippen molar-refractivity contribution in [2.45, 2.75) is 56.0 Å². The second-order valence-electron chi connectivity index (χ2n) is 11.9. The van der Waals surface area contributed by atoms with Crippen LogP contribution in [0.2, 0.25) is 0 Å². The molecule has 0 bridgehead atoms. The van der Waals surface area contributed by atoms with E-state index in [1.54, 1.807) is 12.1 Å². The highest BCUT2D eigenvalue weighted by atomic mass is 32.2. The Balaban J connectivity index is 1.32. The Morgan fingerprint density at radius 1 is 0.816 bits per heavy atom. The summed E-state index contributed by atoms with van der Waals surface area (Å²) < 4.78 is 60.8. The number of benzene rings is 4. The Kier molecular flexibility index (Phi) is 12.2. The molecule has 1 aliphatic carbocycles. The van der Waals surface area contributed by atoms with E-state index in [-0.39, 0.29) is 35.2 Å². The van der Waals surface area contributed by atoms with Crippen LogP contribution in [0.3, 0.4) is 0 Å². The van der Waals surface area contributed by atoms with Gasteiger partial charge < -0.3 is 15.0 Å². The van der Waals surface area contributed by atoms with Gasteiger partial charge in [-0.2, -0.15) is 0 Å². The standard InChI is InChI=1S/C38H39F2N3O5S/c39-31-13-11-30(12-14-31)26-43(36(25-29-9-5-2-6-10-29)38(45)41-24-23-28-7-3-1-4-8-28)37(44)27-48-34-19-21-35(22-20-34)49(46,47)42-33-17-15-32(40)16-18-33/h2,5-7,9-22,36,42H,1,3-4,8,23-27H2,(H,41,45)/t36-/m1/s1. The summed E-state index contributed by atoms with van der Waals surface area (Å²) in [4.78, 5) is 29.1. The Hall–Kier alpha value is -5.03. The zero-order valence-corrected chi connectivity index (χ0v) is 27.8. The van der Waals surface area contributed by atoms with E-state index in [0.29, 0.717) is 12.1 Å². The van der Waals surface area contributed by atoms with Crippen molar-refractivity contribution in [3.8, 4) is 5.75 Å². The number of amides is 2. The molecule has 8 nitrogen and oxygen atoms in total. The molecule has 5 rings (SSSR count). The second kappa shape index (κ2) is 16.9. The van der Waals surface area contributed by atoms with Crippen molar-refractivity contribution in [1.82, 2.24) is 10.2 Å². The molecule has 0 radical (unpaired) electrons. The lowest BCUT2D eigenvalue weighted by Crippen LogP contribution is -2.51. The number of rotatable bonds is 15. The summed E-state index contributed by atoms with van der Waals surface area (Å²) in [7, 11) is -3.97. The number of halogens is 2. The van der Waals surface area contributed by atoms with Crippen LogP contribution in [0.15, 0.2) is 120 Å². The Morgan fingerprint density at radius 2 is 1.49 bits per heavy atom. The van der Waals surface area contributed by atoms with Gasteiger partial charge in [0.05, 0.1) is 4.90 Å². The molecule has 0 spiro atoms. The number of anilines is 1. The van der Waals surface area contributed by atoms with Crippen molar-refractivity contribution >= 4 is 27.5 Å². The van der Waals surface area contributed by atoms with Gasteiger partial charge in [0.25, 0.3) is 15.9 Å². The molecular weight excluding hydrogens is 648 g/mol. The number of nitrogens with zero attached hydrogens (tertiary/aromatic N) is 1. The maximum absolute atomic E-state index is 13.9. The smallest absolute Gasteiger partial charge is 0.261 e. The molecule has 0 saturated heterocycles. The van der Waals surface area contributed by atoms with Gasteiger partial charge in [0.15, 0.2) is 6.61 Å². The lowest BCUT2D eigenvalue weighted by Gasteiger charge is -2.31. The number of hydrogen-bond acceptors (Lipinski definition) is 5. The largest absolute Gasteiger partial charge is 0.484 e. The molecule has 0 fully saturated rings. The average molecular weight is 688 g/mol. The minimum absolute atomic E-state index is 0.0325. The fraction of sp³-hybridized carbons (Fsp3) is 0.263. The van der Waals surface area contributed by atoms with Crippen LogP contribution in [-0.2, 0) is 32.6 Å². The van der Waals surface area contributed by atoms with E-state index in [1.807, 2.05) is 30.3 Å². The Labute approximate surface area is 285 Å². The van der Waals surface area contributed by atoms with Gasteiger partial charge in [-0.1, -0.05) is 54.1 Å². The number of hydrogen-bond donors (Lipinski definition) is 2. The molecule has 49 heavy (non-hydrogen) atoms. The summed E-state index contributed by atoms with van der Waals surface area (Å²) in [6.07, 6.45) is 7.61. The van der Waals surface area contributed by atoms with Crippen LogP contribution in [0.25, 0.3) is 0 Å². The van der Waals surface area contributed by atoms with Gasteiger partial charge in [-0.15, -0.1) is 0 Å². The zero-order chi connectivity index (χ0) is 34.6. The molecule has 0 heterocycles. The molecule has 4 aromatic rings. The highest BCUT2D eigenvalue weighted by molar-refractivity contribution is 7.92. The number of sulfonamides is 1. The summed E-state index contributed by atoms with van der Waals surface area (Å²) in [6.45, 7) is 0.0354. The predicted octanol–water partition coefficient (Wildman–Crippen LogP) is 6.79. The fourth-order valence-electron chi connectivity index (χ4n) is 5.61. The zero-order valence-electron chi connectivity index (χ0n) is 27.0. The number of carbonyl (C=O) groups excluding carboxylic acids is 2. The molecular formula is C38H39F2N3O5S. The summed E-state index contributed by atoms with van der Waals surface area (Å²) in [5, 5.41) is 3.04. The summed E-state index contributed by atoms with van der Waals surface area (Å²) in [6, 6.07) is 24.7. The number of ether oxygens (including phenoxy) is 1. The first-order valence-corrected chi connectivity index (χ1v) is 17.7. The molecule has 4 aromatic carbocycles. The van der Waals surface area contributed by atoms with Gasteiger partial charge in [-0.05, 0) is 104 Å². The van der Waals surface area contributed by atoms with Gasteiger partial charge in [-0.3, -0.25) is 14.3 Å². The normalized spacial score (nSPS) is 13.6. The number of carbonyl (C=O) groups is 2. The third-order valence-electron chi connectivity index (χ3n) is 8.26. The van der Waals surface area contributed by atoms with Crippen molar-refractivity contribution in [2.24, 2.45) is 0 Å². The van der Waals surface area contributed by atoms with Crippen molar-refractivity contribution in [2.75, 3.05) is 17.9 Å². The van der Waals surface area contributed by atoms with Crippen molar-refractivity contribution in [3.63, 3.8) is 0 Å². The summed E-state index contributed by atoms with van der Waals surface area (Å²) in [5.41, 5.74) is 3.02. The van der Waals surface area contributed by atoms with Crippen LogP contribution in [0.4, 0.5) is 14.5 Å². The lowest BCUT2D eigenvalue weighted by atomic mass is 9.97. The highest BCUT2D eigenvalue weighted by Crippen LogP contribution is 2.22. The SMILES string of the molecule is O=C(NCCC1=CCCCC1)[C@@H](Cc1ccccc1)N(Cc1ccc(F)cc1)C(=O)COc1ccc(S(=O)(=O)Nc2ccc(F)cc2)cc1. The predicted molar refractivity (Wildman–Crippen MR) is 184 cm³/mol. The lowest BCUT2D eigenvalue weighted by molar-refractivity contribution is -0.142. The third kappa shape index (κ3) is 10.5. The molecule has 1 aliphatic rings. The topological polar surface area (TPSA) is 105 Å². The van der Waals surface area contributed by atoms with Crippen LogP contribution in [-0.4, -0.2) is 44.3 Å². The molecule has 11 heteroatoms. The maximum atomic E-state index is 13.9. The monoisotopic (exact) mass is 687 g/mol. The Morgan fingerprint density at radius 3 is 2.14 bits per heavy atom. The first kappa shape index (κ1) is 35.3. The van der Waals surface area contributed by atoms with Gasteiger partial charge in [0.2, 0.25) is 5.91 Å². The average Bonchev–Trinajstić information content (AvgIpc) is 3.11. The highest BCUT2D eigenvalue weighted by Gasteiger charge is 2.31. The molecule has 2 amide bonds. The van der Waals surface area contributed by atoms with Crippen LogP contribution >= 0.6 is 0 Å². The van der Waals surface area contributed by atoms with E-state index in [0.717, 1.165) is 43.4 Å². The first-order chi connectivity index (χ1) is 23.7. The van der Waals surface area contributed by atoms with Crippen LogP contribution in [0.5, 0.6) is 5.75 Å². The number of allylic oxidation sites excluding steroid dienone is 1. The maximum Gasteiger partial charge on any atom is 0.261 e. The minimum Gasteiger partial charge on any atom is -0.484 e. The van der Waals surface area contributed by atoms with E-state index in [2.05, 4.69) is 16.1 Å². The fourth-order valence-corrected chi connectivity index (χ4v) is 6.67. The molecule has 0 aromatic heterocycles. The van der Waals surface area contributed by atoms with Gasteiger partial charge >= 0.3 is 0 Å². The van der Waals surface area contributed by atoms with Crippen LogP contribution in [0.1, 0.15) is 43.2 Å². The van der Waals surface area contributed by atoms with Crippen LogP contribution < -0.4 is 14.8 Å². The number of nitrogens with one attached hydrogen (secondary N) is 2. The van der Waals surface area contributed by atoms with Crippen LogP contribution in [0, 0.1) is 11.6 Å². The molecule has 0 unspecified atom stereocenters. The van der Waals surface area contributed by atoms with E-state index in [4.69, 9.17) is 4.74 Å². The van der Waals surface area contributed by atoms with E-state index in [1.165, 1.54) is 65.4 Å². The summed E-state index contributed by atoms with van der Waals surface area (Å²) in [5.74, 6) is -1.46. The molecule has 2 N–H and O–H groups in total. The van der Waals surface area contributed by atoms with E-state index >= 15 is 0 Å². The Bertz CT molecular complexity index is 1830. The van der Waals surface area contributed by atoms with Gasteiger partial charge in [0.1, 0.15) is 23.4 Å². The quantitative estimate of drug-likeness (QED) is 0.134. The molecule has 0 aliphatic heterocycles. The van der Waals surface area contributed by atoms with E-state index < -0.39 is 40.2 Å². The minimum atomic E-state index is -3.97. The molecule has 0 saturated carbocycles. The second-order valence-corrected chi connectivity index (χ2v) is 13.6. The van der Waals surface area contributed by atoms with Crippen molar-refractivity contribution < 1.29 is 31.5 Å². The molecule has 1 atom stereocenters. The van der Waals surface area contributed by atoms with Crippen molar-refractivity contribution in [3.05, 3.63) is 138 Å². The molecule has 256 valence electrons. The first-order valence-electron chi connectivity index (χ1n) is 16.2. The van der Waals surface area contributed by atoms with Crippen molar-refractivity contribution in [1.29, 1.82) is 0 Å².